The molecule has 62 N–H and O–H groups in total. The summed E-state index contributed by atoms with van der Waals surface area (Å²) in [6, 6.07) is -19.5. The molecule has 0 aromatic heterocycles. The summed E-state index contributed by atoms with van der Waals surface area (Å²) in [5.74, 6) is -12.9. The van der Waals surface area contributed by atoms with Crippen molar-refractivity contribution < 1.29 is 117 Å². The Kier molecular flexibility index (Phi) is 55.3. The Bertz CT molecular complexity index is 4300. The SMILES string of the molecule is CC(=O)NC(=O)[C@H](CCCN=C(N)N)NC(=O)[C@H](CCCN=C(N)N)NC(=O)[C@H](CCCN=C(N)N)NC(=O)[C@H](CCCN=C(N)N)NC(=O)[C@H](CCCN=C(N)N)NC(=O)[C@H](CCCN=C(N)N)NC(=O)[C@H](CCCN=C(N)N)NC(=O)[C@H](CCCN=C(N)N)NC(=O)[C@H](CCCN=C(N)N)NCC1OC(O[C@@H]2[C@@H](CO)OC(O[C@H]3C(O[C@H]4O[C@H](CO)[C@@H](O)[C@H](O)[C@H]4N)[C@@H](N)C[C@@H](N)[C@@H]3O)[C@@H]2O)[C@H](N)[C@@H](O)[C@@H]1O. The second kappa shape index (κ2) is 64.3. The van der Waals surface area contributed by atoms with E-state index in [1.165, 1.54) is 0 Å². The quantitative estimate of drug-likeness (QED) is 0.0153. The van der Waals surface area contributed by atoms with E-state index < -0.39 is 249 Å². The number of nitrogens with two attached hydrogens (primary N) is 22. The molecule has 0 aromatic carbocycles. The van der Waals surface area contributed by atoms with Crippen LogP contribution in [0.4, 0.5) is 0 Å². The Hall–Kier alpha value is -12.4. The number of amides is 10. The van der Waals surface area contributed by atoms with Crippen molar-refractivity contribution in [3.63, 3.8) is 0 Å². The molecule has 144 heavy (non-hydrogen) atoms. The van der Waals surface area contributed by atoms with E-state index in [-0.39, 0.29) is 235 Å². The average Bonchev–Trinajstić information content (AvgIpc) is 1.58. The number of hydrogen-bond acceptors (Lipinski definition) is 38. The number of carbonyl (C=O) groups excluding carboxylic acids is 10. The Labute approximate surface area is 829 Å². The van der Waals surface area contributed by atoms with Crippen LogP contribution < -0.4 is 179 Å². The van der Waals surface area contributed by atoms with Crippen LogP contribution in [-0.4, -0.2) is 403 Å². The first kappa shape index (κ1) is 124. The molecule has 4 rings (SSSR count). The molecule has 0 aromatic rings. The van der Waals surface area contributed by atoms with Crippen LogP contribution in [0.2, 0.25) is 0 Å². The molecule has 4 aliphatic rings. The molecule has 3 aliphatic heterocycles. The lowest BCUT2D eigenvalue weighted by molar-refractivity contribution is -0.310. The topological polar surface area (TPSA) is 1190 Å². The molecule has 65 heteroatoms. The van der Waals surface area contributed by atoms with Crippen LogP contribution in [0, 0.1) is 0 Å². The number of imide groups is 1. The van der Waals surface area contributed by atoms with Gasteiger partial charge in [-0.15, -0.1) is 0 Å². The predicted molar refractivity (Wildman–Crippen MR) is 523 cm³/mol. The van der Waals surface area contributed by atoms with Gasteiger partial charge in [0.2, 0.25) is 59.1 Å². The minimum Gasteiger partial charge on any atom is -0.394 e. The van der Waals surface area contributed by atoms with Gasteiger partial charge in [0.05, 0.1) is 37.4 Å². The van der Waals surface area contributed by atoms with E-state index in [1.807, 2.05) is 0 Å². The Morgan fingerprint density at radius 1 is 0.285 bits per heavy atom. The first-order valence-electron chi connectivity index (χ1n) is 46.7. The molecule has 0 radical (unpaired) electrons. The summed E-state index contributed by atoms with van der Waals surface area (Å²) >= 11 is 0. The number of ether oxygens (including phenoxy) is 6. The normalized spacial score (nSPS) is 25.2. The highest BCUT2D eigenvalue weighted by Crippen LogP contribution is 2.35. The molecule has 3 heterocycles. The summed E-state index contributed by atoms with van der Waals surface area (Å²) in [7, 11) is 0. The number of guanidine groups is 9. The smallest absolute Gasteiger partial charge is 0.249 e. The summed E-state index contributed by atoms with van der Waals surface area (Å²) in [6.45, 7) is -2.18. The van der Waals surface area contributed by atoms with Gasteiger partial charge in [-0.1, -0.05) is 0 Å². The maximum atomic E-state index is 15.2. The third-order valence-corrected chi connectivity index (χ3v) is 22.8. The van der Waals surface area contributed by atoms with E-state index in [2.05, 4.69) is 98.1 Å². The molecule has 1 aliphatic carbocycles. The standard InChI is InChI=1S/C79H155N41O24/c1-33(123)112-60(131)37(12-3-21-103-72(86)87)114-62(133)39(14-5-23-105-74(90)91)116-64(135)41(16-7-25-107-76(94)95)118-66(137)43(18-9-27-109-78(98)99)120-67(138)44(19-10-28-110-79(100)101)119-65(136)42(17-8-26-108-77(96)97)117-63(134)40(15-6-24-106-75(92)93)115-61(132)38(13-4-22-104-73(88)89)113-59(130)36(11-2-20-102-71(84)85)111-30-45-51(125)53(127)48(82)68(139-45)143-57-47(32-122)141-70(55(57)129)144-58-50(124)34(80)29-35(81)56(58)142-69-49(83)54(128)52(126)46(31-121)140-69/h34-58,68-70,111,121-122,124-129H,2-32,80-83H2,1H3,(H,113,130)(H,114,133)(H,115,132)(H,116,135)(H,117,134)(H,118,137)(H,119,136)(H,120,138)(H4,84,85,102)(H4,86,87,103)(H4,88,89,104)(H4,90,91,105)(H4,92,93,106)(H4,94,95,107)(H4,96,97,108)(H4,98,99,109)(H4,100,101,110)(H,112,123,131)/t34-,35+,36+,37+,38+,39+,40+,41+,42+,43+,44+,45?,46-,47-,48-,49-,50+,51-,52-,53-,54-,55-,56?,57-,58-,68?,69-,70?/m1/s1. The van der Waals surface area contributed by atoms with Crippen molar-refractivity contribution in [1.82, 2.24) is 53.2 Å². The van der Waals surface area contributed by atoms with Crippen molar-refractivity contribution in [3.8, 4) is 0 Å². The second-order valence-electron chi connectivity index (χ2n) is 34.5. The van der Waals surface area contributed by atoms with Crippen molar-refractivity contribution >= 4 is 113 Å². The number of hydrogen-bond donors (Lipinski definition) is 40. The third kappa shape index (κ3) is 44.4. The monoisotopic (exact) mass is 2060 g/mol. The summed E-state index contributed by atoms with van der Waals surface area (Å²) in [5, 5.41) is 114. The van der Waals surface area contributed by atoms with Gasteiger partial charge < -0.3 is 243 Å². The fraction of sp³-hybridized carbons (Fsp3) is 0.759. The van der Waals surface area contributed by atoms with Gasteiger partial charge in [-0.3, -0.25) is 98.2 Å². The van der Waals surface area contributed by atoms with Crippen molar-refractivity contribution in [1.29, 1.82) is 0 Å². The van der Waals surface area contributed by atoms with Gasteiger partial charge >= 0.3 is 0 Å². The summed E-state index contributed by atoms with van der Waals surface area (Å²) in [5.41, 5.74) is 127. The number of aliphatic hydroxyl groups excluding tert-OH is 8. The largest absolute Gasteiger partial charge is 0.394 e. The fourth-order valence-corrected chi connectivity index (χ4v) is 15.4. The maximum Gasteiger partial charge on any atom is 0.249 e. The Morgan fingerprint density at radius 2 is 0.514 bits per heavy atom. The number of rotatable bonds is 64. The number of nitrogens with one attached hydrogen (secondary N) is 10. The van der Waals surface area contributed by atoms with Crippen molar-refractivity contribution in [2.45, 2.75) is 300 Å². The maximum absolute atomic E-state index is 15.2. The first-order chi connectivity index (χ1) is 68.0. The fourth-order valence-electron chi connectivity index (χ4n) is 15.4. The average molecular weight is 2060 g/mol. The molecule has 0 bridgehead atoms. The van der Waals surface area contributed by atoms with Gasteiger partial charge in [-0.25, -0.2) is 0 Å². The van der Waals surface area contributed by atoms with Gasteiger partial charge in [-0.2, -0.15) is 0 Å². The molecular weight excluding hydrogens is 1910 g/mol. The van der Waals surface area contributed by atoms with Crippen LogP contribution in [0.1, 0.15) is 129 Å². The lowest BCUT2D eigenvalue weighted by atomic mass is 9.84. The zero-order valence-electron chi connectivity index (χ0n) is 80.4. The minimum atomic E-state index is -1.93. The highest BCUT2D eigenvalue weighted by molar-refractivity contribution is 6.01. The lowest BCUT2D eigenvalue weighted by Crippen LogP contribution is -2.68. The van der Waals surface area contributed by atoms with Crippen LogP contribution >= 0.6 is 0 Å². The van der Waals surface area contributed by atoms with E-state index in [1.54, 1.807) is 0 Å². The number of aliphatic hydroxyl groups is 8. The molecule has 0 spiro atoms. The van der Waals surface area contributed by atoms with E-state index in [0.717, 1.165) is 6.92 Å². The Morgan fingerprint density at radius 3 is 0.778 bits per heavy atom. The molecule has 4 fully saturated rings. The predicted octanol–water partition coefficient (Wildman–Crippen LogP) is -21.8. The van der Waals surface area contributed by atoms with Crippen LogP contribution in [0.5, 0.6) is 0 Å². The molecule has 65 nitrogen and oxygen atoms in total. The van der Waals surface area contributed by atoms with Gasteiger partial charge in [0.15, 0.2) is 72.5 Å². The van der Waals surface area contributed by atoms with Crippen molar-refractivity contribution in [3.05, 3.63) is 0 Å². The Balaban J connectivity index is 1.76. The molecule has 10 amide bonds. The minimum absolute atomic E-state index is 0.000386. The van der Waals surface area contributed by atoms with Crippen LogP contribution in [0.25, 0.3) is 0 Å². The van der Waals surface area contributed by atoms with Gasteiger partial charge in [0.25, 0.3) is 0 Å². The highest BCUT2D eigenvalue weighted by atomic mass is 16.8. The van der Waals surface area contributed by atoms with Gasteiger partial charge in [0, 0.05) is 84.5 Å². The zero-order valence-corrected chi connectivity index (χ0v) is 80.4. The lowest BCUT2D eigenvalue weighted by Gasteiger charge is -2.47. The molecule has 820 valence electrons. The van der Waals surface area contributed by atoms with Crippen molar-refractivity contribution in [2.24, 2.45) is 171 Å². The van der Waals surface area contributed by atoms with Crippen molar-refractivity contribution in [2.75, 3.05) is 78.7 Å². The van der Waals surface area contributed by atoms with E-state index in [0.29, 0.717) is 0 Å². The first-order valence-corrected chi connectivity index (χ1v) is 46.7. The highest BCUT2D eigenvalue weighted by Gasteiger charge is 2.55. The molecule has 1 saturated carbocycles. The molecule has 3 saturated heterocycles. The summed E-state index contributed by atoms with van der Waals surface area (Å²) < 4.78 is 36.1. The van der Waals surface area contributed by atoms with Gasteiger partial charge in [0.1, 0.15) is 115 Å². The van der Waals surface area contributed by atoms with Crippen LogP contribution in [0.15, 0.2) is 44.9 Å². The zero-order chi connectivity index (χ0) is 108. The number of aliphatic imine (C=N–C) groups is 9. The molecule has 28 atom stereocenters. The van der Waals surface area contributed by atoms with Crippen LogP contribution in [-0.2, 0) is 76.4 Å². The summed E-state index contributed by atoms with van der Waals surface area (Å²) in [6.07, 6.45) is -27.6. The third-order valence-electron chi connectivity index (χ3n) is 22.8. The number of carbonyl (C=O) groups is 10. The van der Waals surface area contributed by atoms with E-state index >= 15 is 28.8 Å². The molecular formula is C79H155N41O24. The number of nitrogens with zero attached hydrogens (tertiary/aromatic N) is 9. The molecule has 4 unspecified atom stereocenters. The summed E-state index contributed by atoms with van der Waals surface area (Å²) in [4.78, 5) is 181. The second-order valence-corrected chi connectivity index (χ2v) is 34.5. The van der Waals surface area contributed by atoms with Crippen LogP contribution in [0.3, 0.4) is 0 Å². The van der Waals surface area contributed by atoms with Gasteiger partial charge in [-0.05, 0) is 122 Å². The van der Waals surface area contributed by atoms with E-state index in [9.17, 15) is 60.0 Å². The van der Waals surface area contributed by atoms with E-state index in [4.69, 9.17) is 155 Å².